The van der Waals surface area contributed by atoms with Gasteiger partial charge in [-0.25, -0.2) is 0 Å². The van der Waals surface area contributed by atoms with Crippen molar-refractivity contribution in [2.75, 3.05) is 24.6 Å². The van der Waals surface area contributed by atoms with Gasteiger partial charge in [-0.2, -0.15) is 0 Å². The quantitative estimate of drug-likeness (QED) is 0.0545. The van der Waals surface area contributed by atoms with Crippen LogP contribution in [0.15, 0.2) is 0 Å². The Kier molecular flexibility index (Phi) is 35.8. The van der Waals surface area contributed by atoms with Crippen molar-refractivity contribution in [1.82, 2.24) is 0 Å². The third-order valence-corrected chi connectivity index (χ3v) is 13.8. The summed E-state index contributed by atoms with van der Waals surface area (Å²) in [5.41, 5.74) is 0. The monoisotopic (exact) mass is 604 g/mol. The van der Waals surface area contributed by atoms with E-state index in [1.54, 1.807) is 50.3 Å². The normalized spacial score (nSPS) is 11.7. The van der Waals surface area contributed by atoms with Gasteiger partial charge >= 0.3 is 0 Å². The molecule has 0 saturated carbocycles. The lowest BCUT2D eigenvalue weighted by atomic mass is 10.1. The van der Waals surface area contributed by atoms with E-state index in [0.717, 1.165) is 0 Å². The molecule has 0 aromatic rings. The van der Waals surface area contributed by atoms with Crippen molar-refractivity contribution >= 4 is 7.26 Å². The zero-order valence-corrected chi connectivity index (χ0v) is 29.2. The molecule has 226 valence electrons. The van der Waals surface area contributed by atoms with Gasteiger partial charge < -0.3 is 17.0 Å². The first kappa shape index (κ1) is 40.1. The summed E-state index contributed by atoms with van der Waals surface area (Å²) in [4.78, 5) is 0. The number of rotatable bonds is 31. The van der Waals surface area contributed by atoms with Crippen LogP contribution in [-0.2, 0) is 0 Å². The molecule has 0 rings (SSSR count). The predicted molar refractivity (Wildman–Crippen MR) is 174 cm³/mol. The molecule has 0 heterocycles. The highest BCUT2D eigenvalue weighted by atomic mass is 79.9. The van der Waals surface area contributed by atoms with Crippen molar-refractivity contribution in [3.8, 4) is 0 Å². The Bertz CT molecular complexity index is 361. The van der Waals surface area contributed by atoms with Gasteiger partial charge in [0.05, 0.1) is 24.6 Å². The molecule has 37 heavy (non-hydrogen) atoms. The highest BCUT2D eigenvalue weighted by molar-refractivity contribution is 7.75. The maximum absolute atomic E-state index is 2.36. The first-order chi connectivity index (χ1) is 17.7. The van der Waals surface area contributed by atoms with Crippen molar-refractivity contribution in [1.29, 1.82) is 0 Å². The van der Waals surface area contributed by atoms with Crippen LogP contribution in [0.3, 0.4) is 0 Å². The second-order valence-corrected chi connectivity index (χ2v) is 16.8. The third-order valence-electron chi connectivity index (χ3n) is 8.69. The van der Waals surface area contributed by atoms with E-state index in [9.17, 15) is 0 Å². The van der Waals surface area contributed by atoms with Gasteiger partial charge in [0.25, 0.3) is 0 Å². The summed E-state index contributed by atoms with van der Waals surface area (Å²) in [5.74, 6) is 0. The smallest absolute Gasteiger partial charge is 0.0594 e. The minimum Gasteiger partial charge on any atom is -1.00 e. The van der Waals surface area contributed by atoms with E-state index in [-0.39, 0.29) is 17.0 Å². The van der Waals surface area contributed by atoms with Crippen LogP contribution in [0.2, 0.25) is 0 Å². The molecule has 0 aliphatic rings. The Morgan fingerprint density at radius 1 is 0.243 bits per heavy atom. The van der Waals surface area contributed by atoms with E-state index in [4.69, 9.17) is 0 Å². The highest BCUT2D eigenvalue weighted by Crippen LogP contribution is 2.61. The molecule has 0 bridgehead atoms. The maximum atomic E-state index is 2.36. The molecule has 0 spiro atoms. The van der Waals surface area contributed by atoms with Crippen LogP contribution in [0.1, 0.15) is 201 Å². The molecule has 0 amide bonds. The van der Waals surface area contributed by atoms with Gasteiger partial charge in [0.1, 0.15) is 0 Å². The number of halogens is 1. The maximum Gasteiger partial charge on any atom is 0.0594 e. The standard InChI is InChI=1S/C35H74P.BrH/c1-5-9-13-17-18-19-20-21-22-23-27-31-35-36(32-28-24-14-10-6-2,33-29-25-15-11-7-3)34-30-26-16-12-8-4;/h5-35H2,1-4H3;1H/q+1;/p-1. The van der Waals surface area contributed by atoms with E-state index < -0.39 is 7.26 Å². The molecule has 0 nitrogen and oxygen atoms in total. The fourth-order valence-corrected chi connectivity index (χ4v) is 11.0. The molecule has 0 aromatic heterocycles. The molecule has 0 saturated heterocycles. The Hall–Kier alpha value is 0.910. The number of hydrogen-bond acceptors (Lipinski definition) is 0. The Morgan fingerprint density at radius 3 is 0.595 bits per heavy atom. The molecule has 0 aromatic carbocycles. The summed E-state index contributed by atoms with van der Waals surface area (Å²) in [6.45, 7) is 9.40. The van der Waals surface area contributed by atoms with E-state index >= 15 is 0 Å². The predicted octanol–water partition coefficient (Wildman–Crippen LogP) is 10.6. The SMILES string of the molecule is CCCCCCCCCCCCCC[P+](CCCCCCC)(CCCCCCC)CCCCCCC.[Br-]. The molecule has 0 fully saturated rings. The van der Waals surface area contributed by atoms with Crippen molar-refractivity contribution in [2.24, 2.45) is 0 Å². The average Bonchev–Trinajstić information content (AvgIpc) is 2.89. The summed E-state index contributed by atoms with van der Waals surface area (Å²) < 4.78 is 0. The van der Waals surface area contributed by atoms with Gasteiger partial charge in [-0.3, -0.25) is 0 Å². The second kappa shape index (κ2) is 33.1. The van der Waals surface area contributed by atoms with Gasteiger partial charge in [0, 0.05) is 7.26 Å². The van der Waals surface area contributed by atoms with Gasteiger partial charge in [0.2, 0.25) is 0 Å². The molecule has 2 heteroatoms. The molecular weight excluding hydrogens is 531 g/mol. The zero-order chi connectivity index (χ0) is 26.4. The van der Waals surface area contributed by atoms with Gasteiger partial charge in [0.15, 0.2) is 0 Å². The Morgan fingerprint density at radius 2 is 0.405 bits per heavy atom. The largest absolute Gasteiger partial charge is 1.00 e. The summed E-state index contributed by atoms with van der Waals surface area (Å²) in [6, 6.07) is 0. The summed E-state index contributed by atoms with van der Waals surface area (Å²) in [7, 11) is -0.722. The molecule has 0 N–H and O–H groups in total. The van der Waals surface area contributed by atoms with Crippen LogP contribution in [-0.4, -0.2) is 24.6 Å². The minimum absolute atomic E-state index is 0. The van der Waals surface area contributed by atoms with Gasteiger partial charge in [-0.15, -0.1) is 0 Å². The zero-order valence-electron chi connectivity index (χ0n) is 26.7. The fraction of sp³-hybridized carbons (Fsp3) is 1.00. The van der Waals surface area contributed by atoms with Gasteiger partial charge in [-0.1, -0.05) is 150 Å². The van der Waals surface area contributed by atoms with E-state index in [2.05, 4.69) is 27.7 Å². The third kappa shape index (κ3) is 28.2. The lowest BCUT2D eigenvalue weighted by molar-refractivity contribution is -0.00000821. The summed E-state index contributed by atoms with van der Waals surface area (Å²) in [6.07, 6.45) is 46.6. The second-order valence-electron chi connectivity index (χ2n) is 12.4. The van der Waals surface area contributed by atoms with Gasteiger partial charge in [-0.05, 0) is 51.4 Å². The van der Waals surface area contributed by atoms with Crippen molar-refractivity contribution in [2.45, 2.75) is 201 Å². The molecule has 0 unspecified atom stereocenters. The molecule has 0 aliphatic carbocycles. The number of unbranched alkanes of at least 4 members (excludes halogenated alkanes) is 23. The summed E-state index contributed by atoms with van der Waals surface area (Å²) in [5, 5.41) is 0. The Balaban J connectivity index is 0. The lowest BCUT2D eigenvalue weighted by Crippen LogP contribution is -3.00. The minimum atomic E-state index is -0.722. The average molecular weight is 606 g/mol. The van der Waals surface area contributed by atoms with Crippen molar-refractivity contribution in [3.05, 3.63) is 0 Å². The molecular formula is C35H74BrP. The van der Waals surface area contributed by atoms with E-state index in [1.807, 2.05) is 0 Å². The van der Waals surface area contributed by atoms with Crippen LogP contribution >= 0.6 is 7.26 Å². The first-order valence-electron chi connectivity index (χ1n) is 17.6. The lowest BCUT2D eigenvalue weighted by Gasteiger charge is -2.28. The van der Waals surface area contributed by atoms with Crippen LogP contribution < -0.4 is 17.0 Å². The fourth-order valence-electron chi connectivity index (χ4n) is 6.11. The Labute approximate surface area is 249 Å². The van der Waals surface area contributed by atoms with Crippen LogP contribution in [0.4, 0.5) is 0 Å². The highest BCUT2D eigenvalue weighted by Gasteiger charge is 2.34. The van der Waals surface area contributed by atoms with Crippen LogP contribution in [0, 0.1) is 0 Å². The molecule has 0 aliphatic heterocycles. The first-order valence-corrected chi connectivity index (χ1v) is 20.1. The topological polar surface area (TPSA) is 0 Å². The van der Waals surface area contributed by atoms with Crippen LogP contribution in [0.25, 0.3) is 0 Å². The molecule has 0 atom stereocenters. The molecule has 0 radical (unpaired) electrons. The number of hydrogen-bond donors (Lipinski definition) is 0. The van der Waals surface area contributed by atoms with Crippen LogP contribution in [0.5, 0.6) is 0 Å². The van der Waals surface area contributed by atoms with E-state index in [1.165, 1.54) is 148 Å². The van der Waals surface area contributed by atoms with E-state index in [0.29, 0.717) is 0 Å². The van der Waals surface area contributed by atoms with Crippen molar-refractivity contribution in [3.63, 3.8) is 0 Å². The summed E-state index contributed by atoms with van der Waals surface area (Å²) >= 11 is 0. The van der Waals surface area contributed by atoms with Crippen molar-refractivity contribution < 1.29 is 17.0 Å².